The lowest BCUT2D eigenvalue weighted by molar-refractivity contribution is 0.0360. The maximum absolute atomic E-state index is 11.2. The van der Waals surface area contributed by atoms with E-state index in [9.17, 15) is 5.11 Å². The molecule has 0 spiro atoms. The van der Waals surface area contributed by atoms with E-state index in [1.165, 1.54) is 0 Å². The second kappa shape index (κ2) is 3.59. The van der Waals surface area contributed by atoms with Crippen LogP contribution in [0, 0.1) is 5.92 Å². The zero-order chi connectivity index (χ0) is 8.36. The van der Waals surface area contributed by atoms with Gasteiger partial charge < -0.3 is 0 Å². The summed E-state index contributed by atoms with van der Waals surface area (Å²) in [6.45, 7) is 7.62. The van der Waals surface area contributed by atoms with Gasteiger partial charge in [0.1, 0.15) is 0 Å². The highest BCUT2D eigenvalue weighted by Crippen LogP contribution is 2.22. The van der Waals surface area contributed by atoms with Crippen LogP contribution in [0.4, 0.5) is 0 Å². The fraction of sp³-hybridized carbons (Fsp3) is 1.00. The second-order valence-electron chi connectivity index (χ2n) is 3.71. The van der Waals surface area contributed by atoms with Gasteiger partial charge in [-0.3, -0.25) is 0 Å². The molecular formula is C8H16ClO. The maximum atomic E-state index is 11.2. The predicted molar refractivity (Wildman–Crippen MR) is 43.9 cm³/mol. The predicted octanol–water partition coefficient (Wildman–Crippen LogP) is 2.85. The fourth-order valence-corrected chi connectivity index (χ4v) is 0.866. The van der Waals surface area contributed by atoms with Crippen LogP contribution in [0.5, 0.6) is 0 Å². The van der Waals surface area contributed by atoms with Gasteiger partial charge in [0.15, 0.2) is 0 Å². The van der Waals surface area contributed by atoms with Gasteiger partial charge in [-0.25, -0.2) is 5.11 Å². The van der Waals surface area contributed by atoms with E-state index in [1.54, 1.807) is 0 Å². The minimum Gasteiger partial charge on any atom is -0.233 e. The molecule has 1 radical (unpaired) electrons. The molecule has 10 heavy (non-hydrogen) atoms. The molecule has 0 heterocycles. The van der Waals surface area contributed by atoms with Gasteiger partial charge in [0.2, 0.25) is 0 Å². The zero-order valence-electron chi connectivity index (χ0n) is 7.15. The highest BCUT2D eigenvalue weighted by molar-refractivity contribution is 6.23. The summed E-state index contributed by atoms with van der Waals surface area (Å²) in [4.78, 5) is -0.337. The second-order valence-corrected chi connectivity index (χ2v) is 4.73. The molecule has 0 saturated carbocycles. The van der Waals surface area contributed by atoms with Gasteiger partial charge in [-0.05, 0) is 26.2 Å². The molecule has 0 aromatic carbocycles. The minimum atomic E-state index is -0.521. The summed E-state index contributed by atoms with van der Waals surface area (Å²) in [6.07, 6.45) is 0.0270. The standard InChI is InChI=1S/C8H16ClO/c1-6(2)7(10)5-8(3,4)9/h6-7H,5H2,1-4H3. The Balaban J connectivity index is 3.68. The van der Waals surface area contributed by atoms with Crippen molar-refractivity contribution in [2.45, 2.75) is 45.1 Å². The average Bonchev–Trinajstić information content (AvgIpc) is 1.60. The van der Waals surface area contributed by atoms with Crippen LogP contribution in [-0.2, 0) is 5.11 Å². The van der Waals surface area contributed by atoms with Gasteiger partial charge in [-0.1, -0.05) is 13.8 Å². The van der Waals surface area contributed by atoms with Crippen molar-refractivity contribution in [3.8, 4) is 0 Å². The maximum Gasteiger partial charge on any atom is 0.0969 e. The van der Waals surface area contributed by atoms with Crippen molar-refractivity contribution in [1.29, 1.82) is 0 Å². The number of halogens is 1. The molecular weight excluding hydrogens is 148 g/mol. The fourth-order valence-electron chi connectivity index (χ4n) is 0.714. The molecule has 0 aliphatic rings. The number of hydrogen-bond donors (Lipinski definition) is 0. The molecule has 0 amide bonds. The number of hydrogen-bond acceptors (Lipinski definition) is 0. The van der Waals surface area contributed by atoms with Crippen LogP contribution < -0.4 is 0 Å². The summed E-state index contributed by atoms with van der Waals surface area (Å²) in [5.41, 5.74) is 0. The van der Waals surface area contributed by atoms with E-state index >= 15 is 0 Å². The van der Waals surface area contributed by atoms with Crippen molar-refractivity contribution in [2.75, 3.05) is 0 Å². The summed E-state index contributed by atoms with van der Waals surface area (Å²) in [7, 11) is 0. The van der Waals surface area contributed by atoms with Crippen LogP contribution in [0.2, 0.25) is 0 Å². The van der Waals surface area contributed by atoms with Crippen LogP contribution in [0.3, 0.4) is 0 Å². The Morgan fingerprint density at radius 3 is 1.90 bits per heavy atom. The van der Waals surface area contributed by atoms with Crippen LogP contribution >= 0.6 is 11.6 Å². The minimum absolute atomic E-state index is 0.193. The van der Waals surface area contributed by atoms with E-state index in [0.29, 0.717) is 6.42 Å². The van der Waals surface area contributed by atoms with Gasteiger partial charge in [0.05, 0.1) is 6.10 Å². The Morgan fingerprint density at radius 1 is 1.40 bits per heavy atom. The van der Waals surface area contributed by atoms with Crippen molar-refractivity contribution in [2.24, 2.45) is 5.92 Å². The molecule has 1 unspecified atom stereocenters. The van der Waals surface area contributed by atoms with Crippen LogP contribution in [0.25, 0.3) is 0 Å². The lowest BCUT2D eigenvalue weighted by Crippen LogP contribution is -2.23. The van der Waals surface area contributed by atoms with Gasteiger partial charge in [-0.15, -0.1) is 11.6 Å². The van der Waals surface area contributed by atoms with Gasteiger partial charge in [0, 0.05) is 4.87 Å². The highest BCUT2D eigenvalue weighted by atomic mass is 35.5. The van der Waals surface area contributed by atoms with Crippen LogP contribution in [0.15, 0.2) is 0 Å². The van der Waals surface area contributed by atoms with Gasteiger partial charge in [-0.2, -0.15) is 0 Å². The van der Waals surface area contributed by atoms with E-state index in [0.717, 1.165) is 0 Å². The summed E-state index contributed by atoms with van der Waals surface area (Å²) in [5.74, 6) is 0.193. The van der Waals surface area contributed by atoms with Crippen molar-refractivity contribution in [1.82, 2.24) is 0 Å². The Labute approximate surface area is 68.4 Å². The molecule has 0 rings (SSSR count). The van der Waals surface area contributed by atoms with E-state index in [1.807, 2.05) is 27.7 Å². The molecule has 0 saturated heterocycles. The molecule has 0 aliphatic carbocycles. The van der Waals surface area contributed by atoms with E-state index in [2.05, 4.69) is 0 Å². The molecule has 0 bridgehead atoms. The molecule has 0 aromatic rings. The smallest absolute Gasteiger partial charge is 0.0969 e. The monoisotopic (exact) mass is 163 g/mol. The number of rotatable bonds is 3. The Kier molecular flexibility index (Phi) is 3.68. The lowest BCUT2D eigenvalue weighted by Gasteiger charge is -2.20. The molecule has 0 fully saturated rings. The van der Waals surface area contributed by atoms with E-state index in [4.69, 9.17) is 11.6 Å². The summed E-state index contributed by atoms with van der Waals surface area (Å²) in [5, 5.41) is 11.2. The molecule has 0 aromatic heterocycles. The average molecular weight is 164 g/mol. The third kappa shape index (κ3) is 5.07. The van der Waals surface area contributed by atoms with Crippen molar-refractivity contribution >= 4 is 11.6 Å². The number of alkyl halides is 1. The third-order valence-electron chi connectivity index (χ3n) is 1.43. The first-order chi connectivity index (χ1) is 4.33. The Bertz CT molecular complexity index is 93.9. The summed E-state index contributed by atoms with van der Waals surface area (Å²) < 4.78 is 0. The highest BCUT2D eigenvalue weighted by Gasteiger charge is 2.21. The third-order valence-corrected chi connectivity index (χ3v) is 1.58. The molecule has 61 valence electrons. The first-order valence-electron chi connectivity index (χ1n) is 3.67. The summed E-state index contributed by atoms with van der Waals surface area (Å²) >= 11 is 5.87. The molecule has 2 heteroatoms. The lowest BCUT2D eigenvalue weighted by atomic mass is 9.97. The molecule has 1 nitrogen and oxygen atoms in total. The van der Waals surface area contributed by atoms with Crippen molar-refractivity contribution in [3.05, 3.63) is 0 Å². The van der Waals surface area contributed by atoms with Crippen LogP contribution in [-0.4, -0.2) is 11.0 Å². The van der Waals surface area contributed by atoms with Crippen molar-refractivity contribution < 1.29 is 5.11 Å². The van der Waals surface area contributed by atoms with E-state index < -0.39 is 6.10 Å². The zero-order valence-corrected chi connectivity index (χ0v) is 7.90. The largest absolute Gasteiger partial charge is 0.233 e. The normalized spacial score (nSPS) is 15.9. The first-order valence-corrected chi connectivity index (χ1v) is 4.05. The van der Waals surface area contributed by atoms with E-state index in [-0.39, 0.29) is 10.8 Å². The molecule has 1 atom stereocenters. The van der Waals surface area contributed by atoms with Gasteiger partial charge >= 0.3 is 0 Å². The van der Waals surface area contributed by atoms with Crippen LogP contribution in [0.1, 0.15) is 34.1 Å². The topological polar surface area (TPSA) is 19.9 Å². The SMILES string of the molecule is CC(C)C([O])CC(C)(C)Cl. The summed E-state index contributed by atoms with van der Waals surface area (Å²) in [6, 6.07) is 0. The van der Waals surface area contributed by atoms with Gasteiger partial charge in [0.25, 0.3) is 0 Å². The quantitative estimate of drug-likeness (QED) is 0.571. The van der Waals surface area contributed by atoms with Crippen molar-refractivity contribution in [3.63, 3.8) is 0 Å². The first kappa shape index (κ1) is 10.2. The Morgan fingerprint density at radius 2 is 1.80 bits per heavy atom. The Hall–Kier alpha value is 0.250. The molecule has 0 N–H and O–H groups in total. The molecule has 0 aliphatic heterocycles.